The fourth-order valence-corrected chi connectivity index (χ4v) is 17.4. The van der Waals surface area contributed by atoms with E-state index in [1.807, 2.05) is 20.8 Å². The molecule has 564 valence electrons. The molecule has 2 aliphatic heterocycles. The molecule has 0 bridgehead atoms. The summed E-state index contributed by atoms with van der Waals surface area (Å²) in [5.74, 6) is 3.46. The van der Waals surface area contributed by atoms with Gasteiger partial charge in [0.25, 0.3) is 26.1 Å². The first-order chi connectivity index (χ1) is 47.9. The molecule has 2 unspecified atom stereocenters. The van der Waals surface area contributed by atoms with Crippen molar-refractivity contribution in [1.29, 1.82) is 5.41 Å². The number of hydrogen-bond donors (Lipinski definition) is 14. The number of fused-ring (bicyclic) bond motifs is 2. The Morgan fingerprint density at radius 3 is 2.19 bits per heavy atom. The van der Waals surface area contributed by atoms with E-state index in [1.165, 1.54) is 56.8 Å². The van der Waals surface area contributed by atoms with E-state index in [9.17, 15) is 78.5 Å². The van der Waals surface area contributed by atoms with Gasteiger partial charge in [-0.3, -0.25) is 28.4 Å². The van der Waals surface area contributed by atoms with Gasteiger partial charge in [-0.25, -0.2) is 32.9 Å². The van der Waals surface area contributed by atoms with Crippen LogP contribution in [0.25, 0.3) is 33.4 Å². The summed E-state index contributed by atoms with van der Waals surface area (Å²) >= 11 is 0. The molecule has 3 aromatic rings. The molecule has 5 atom stereocenters. The van der Waals surface area contributed by atoms with Crippen molar-refractivity contribution < 1.29 is 129 Å². The molecular weight excluding hydrogens is 1540 g/mol. The molecule has 1 fully saturated rings. The summed E-state index contributed by atoms with van der Waals surface area (Å²) < 4.78 is 158. The van der Waals surface area contributed by atoms with Crippen LogP contribution in [-0.4, -0.2) is 191 Å². The number of nitrogens with zero attached hydrogens (tertiary/aromatic N) is 2. The number of aromatic carboxylic acids is 1. The normalized spacial score (nSPS) is 16.2. The number of hydrogen-bond acceptors (Lipinski definition) is 30. The highest BCUT2D eigenvalue weighted by Crippen LogP contribution is 2.66. The maximum absolute atomic E-state index is 13.4. The van der Waals surface area contributed by atoms with Gasteiger partial charge in [-0.2, -0.15) is 30.4 Å². The van der Waals surface area contributed by atoms with Gasteiger partial charge in [-0.1, -0.05) is 61.9 Å². The Bertz CT molecular complexity index is 4350. The number of amides is 4. The maximum Gasteiger partial charge on any atom is 0.490 e. The number of phosphoric acid groups is 3. The fraction of sp³-hybridized carbons (Fsp3) is 0.473. The molecule has 0 saturated carbocycles. The minimum Gasteiger partial charge on any atom is -0.478 e. The van der Waals surface area contributed by atoms with Crippen molar-refractivity contribution in [1.82, 2.24) is 30.8 Å². The van der Waals surface area contributed by atoms with Crippen LogP contribution in [0.5, 0.6) is 0 Å². The van der Waals surface area contributed by atoms with Crippen LogP contribution in [0.3, 0.4) is 0 Å². The zero-order valence-electron chi connectivity index (χ0n) is 54.2. The van der Waals surface area contributed by atoms with Crippen LogP contribution in [-0.2, 0) is 75.5 Å². The predicted octanol–water partition coefficient (Wildman–Crippen LogP) is 5.51. The van der Waals surface area contributed by atoms with Gasteiger partial charge in [-0.15, -0.1) is 0 Å². The smallest absolute Gasteiger partial charge is 0.478 e. The second kappa shape index (κ2) is 38.9. The Morgan fingerprint density at radius 1 is 0.804 bits per heavy atom. The molecule has 102 heavy (non-hydrogen) atoms. The van der Waals surface area contributed by atoms with E-state index < -0.39 is 136 Å². The molecule has 1 aromatic heterocycles. The Balaban J connectivity index is 0.803. The number of carboxylic acid groups (broad SMARTS) is 1. The van der Waals surface area contributed by atoms with E-state index in [0.29, 0.717) is 31.9 Å². The maximum atomic E-state index is 13.4. The standard InChI is InChI=1S/C55H74N9O29P3S6/c1-4-97-98-32-88-41-28-43(90-42(41)30-89-95(74,75)93-96(76,77)92-94(71,72)73)64-29-34(49(58)63-53(64)69)9-8-18-61-52(68)60-17-6-5-7-21-86-31-99-100-55(2,3)16-22-87-54(70)62-20-24-85-26-25-84-23-19-59-50(65)33-10-11-35(51(66)67)38(27-33)44-36-12-14-39(56)47(101(78,79)80)45(36)91-46-37(44)13-15-40(57)48(46)102(81,82)83/h10-15,27,29,41-43,56H,4-7,16-26,28,30-32,57H2,1-3H3,(H,59,65)(H,62,70)(H,66,67)(H,74,75)(H,76,77)(H2,58,63,69)(H2,60,61,68)(H2,71,72,73)(H,78,79,80)(H,81,82,83)/t41-,42-,43-/m1/s1. The lowest BCUT2D eigenvalue weighted by atomic mass is 9.89. The van der Waals surface area contributed by atoms with Gasteiger partial charge in [0.2, 0.25) is 0 Å². The highest BCUT2D eigenvalue weighted by atomic mass is 33.1. The quantitative estimate of drug-likeness (QED) is 0.00335. The number of alkyl carbamates (subject to hydrolysis) is 1. The van der Waals surface area contributed by atoms with E-state index in [0.717, 1.165) is 47.4 Å². The predicted molar refractivity (Wildman–Crippen MR) is 372 cm³/mol. The zero-order valence-corrected chi connectivity index (χ0v) is 61.8. The monoisotopic (exact) mass is 1610 g/mol. The summed E-state index contributed by atoms with van der Waals surface area (Å²) in [7, 11) is -21.5. The second-order valence-electron chi connectivity index (χ2n) is 21.8. The number of ether oxygens (including phenoxy) is 6. The summed E-state index contributed by atoms with van der Waals surface area (Å²) in [6, 6.07) is 7.35. The van der Waals surface area contributed by atoms with Crippen molar-refractivity contribution in [3.8, 4) is 34.3 Å². The molecule has 2 aromatic carbocycles. The average Bonchev–Trinajstić information content (AvgIpc) is 0.783. The van der Waals surface area contributed by atoms with E-state index in [4.69, 9.17) is 64.0 Å². The molecular formula is C55H74N9O29P3S6. The van der Waals surface area contributed by atoms with Gasteiger partial charge in [0, 0.05) is 71.4 Å². The number of aromatic nitrogens is 2. The van der Waals surface area contributed by atoms with Crippen molar-refractivity contribution in [2.24, 2.45) is 0 Å². The summed E-state index contributed by atoms with van der Waals surface area (Å²) in [5.41, 5.74) is 8.55. The van der Waals surface area contributed by atoms with Crippen molar-refractivity contribution in [3.05, 3.63) is 81.2 Å². The first-order valence-electron chi connectivity index (χ1n) is 30.0. The van der Waals surface area contributed by atoms with Gasteiger partial charge >= 0.3 is 47.3 Å². The number of carbonyl (C=O) groups is 4. The molecule has 0 spiro atoms. The van der Waals surface area contributed by atoms with Crippen LogP contribution in [0, 0.1) is 17.3 Å². The summed E-state index contributed by atoms with van der Waals surface area (Å²) in [4.78, 5) is 103. The first kappa shape index (κ1) is 85.0. The third kappa shape index (κ3) is 26.9. The Labute approximate surface area is 598 Å². The van der Waals surface area contributed by atoms with Crippen LogP contribution in [0.1, 0.15) is 85.4 Å². The van der Waals surface area contributed by atoms with Gasteiger partial charge in [-0.05, 0) is 87.6 Å². The lowest BCUT2D eigenvalue weighted by molar-refractivity contribution is -0.0543. The molecule has 38 nitrogen and oxygen atoms in total. The fourth-order valence-electron chi connectivity index (χ4n) is 9.24. The molecule has 4 amide bonds. The number of nitrogens with one attached hydrogen (secondary N) is 5. The third-order valence-electron chi connectivity index (χ3n) is 13.7. The molecule has 6 rings (SSSR count). The number of nitrogens with two attached hydrogens (primary N) is 2. The highest BCUT2D eigenvalue weighted by Gasteiger charge is 2.44. The van der Waals surface area contributed by atoms with Crippen LogP contribution in [0.15, 0.2) is 67.7 Å². The number of benzene rings is 3. The number of unbranched alkanes of at least 4 members (excludes halogenated alkanes) is 2. The molecule has 1 saturated heterocycles. The van der Waals surface area contributed by atoms with Crippen LogP contribution in [0.4, 0.5) is 21.1 Å². The molecule has 1 aliphatic carbocycles. The van der Waals surface area contributed by atoms with Crippen molar-refractivity contribution in [2.75, 3.05) is 102 Å². The number of carbonyl (C=O) groups excluding carboxylic acids is 3. The largest absolute Gasteiger partial charge is 0.490 e. The van der Waals surface area contributed by atoms with Crippen LogP contribution < -0.4 is 43.8 Å². The van der Waals surface area contributed by atoms with Gasteiger partial charge in [0.1, 0.15) is 30.0 Å². The number of nitrogen functional groups attached to an aromatic ring is 2. The van der Waals surface area contributed by atoms with E-state index in [-0.39, 0.29) is 109 Å². The highest BCUT2D eigenvalue weighted by molar-refractivity contribution is 8.77. The minimum atomic E-state index is -5.79. The van der Waals surface area contributed by atoms with E-state index in [1.54, 1.807) is 10.8 Å². The van der Waals surface area contributed by atoms with Gasteiger partial charge < -0.3 is 90.3 Å². The Hall–Kier alpha value is -5.92. The molecule has 3 aliphatic rings. The number of urea groups is 1. The number of anilines is 2. The van der Waals surface area contributed by atoms with Crippen molar-refractivity contribution >= 4 is 133 Å². The van der Waals surface area contributed by atoms with Crippen molar-refractivity contribution in [3.63, 3.8) is 0 Å². The van der Waals surface area contributed by atoms with Crippen LogP contribution in [0.2, 0.25) is 0 Å². The van der Waals surface area contributed by atoms with Crippen LogP contribution >= 0.6 is 66.6 Å². The third-order valence-corrected chi connectivity index (χ3v) is 24.5. The topological polar surface area (TPSA) is 584 Å². The summed E-state index contributed by atoms with van der Waals surface area (Å²) in [6.45, 7) is 6.39. The Morgan fingerprint density at radius 2 is 1.51 bits per heavy atom. The lowest BCUT2D eigenvalue weighted by Gasteiger charge is -2.22. The number of rotatable bonds is 41. The second-order valence-corrected chi connectivity index (χ2v) is 34.5. The average molecular weight is 1610 g/mol. The lowest BCUT2D eigenvalue weighted by Crippen LogP contribution is -2.36. The van der Waals surface area contributed by atoms with Crippen molar-refractivity contribution in [2.45, 2.75) is 85.8 Å². The SMILES string of the molecule is CCSSCO[C@@H]1C[C@H](n2cc(C#CCNC(=O)NCCCCCOCSSC(C)(C)CCOC(=O)NCCOCCOCCNC(=O)c3ccc(C(=O)O)c(-c4c5ccc(=N)c(S(=O)(=O)O)c-5oc5c(S(=O)(=O)O)c(N)ccc45)c3)c(N)nc2=O)O[C@@H]1COP(=O)(O)OP(=O)(O)OP(=O)(O)O. The summed E-state index contributed by atoms with van der Waals surface area (Å²) in [5, 5.41) is 28.0. The molecule has 47 heteroatoms. The van der Waals surface area contributed by atoms with Gasteiger partial charge in [0.15, 0.2) is 21.1 Å². The molecule has 0 radical (unpaired) electrons. The Kier molecular flexibility index (Phi) is 32.4. The number of carboxylic acids is 1. The van der Waals surface area contributed by atoms with Gasteiger partial charge in [0.05, 0.1) is 74.5 Å². The van der Waals surface area contributed by atoms with E-state index >= 15 is 0 Å². The number of phosphoric ester groups is 1. The van der Waals surface area contributed by atoms with E-state index in [2.05, 4.69) is 46.7 Å². The molecule has 3 heterocycles. The minimum absolute atomic E-state index is 0.00454. The first-order valence-corrected chi connectivity index (χ1v) is 42.2. The summed E-state index contributed by atoms with van der Waals surface area (Å²) in [6.07, 6.45) is 0.0222. The molecule has 16 N–H and O–H groups in total. The zero-order chi connectivity index (χ0) is 75.2.